The van der Waals surface area contributed by atoms with E-state index in [1.807, 2.05) is 6.07 Å². The summed E-state index contributed by atoms with van der Waals surface area (Å²) in [5.74, 6) is 1.11. The fourth-order valence-electron chi connectivity index (χ4n) is 3.18. The first-order valence-corrected chi connectivity index (χ1v) is 8.93. The molecule has 0 bridgehead atoms. The zero-order valence-electron chi connectivity index (χ0n) is 15.2. The predicted octanol–water partition coefficient (Wildman–Crippen LogP) is 3.65. The Kier molecular flexibility index (Phi) is 6.20. The fraction of sp³-hybridized carbons (Fsp3) is 0.381. The number of ether oxygens (including phenoxy) is 1. The first-order valence-electron chi connectivity index (χ1n) is 8.93. The summed E-state index contributed by atoms with van der Waals surface area (Å²) in [4.78, 5) is 7.25. The van der Waals surface area contributed by atoms with E-state index < -0.39 is 0 Å². The molecule has 4 heteroatoms. The Morgan fingerprint density at radius 3 is 2.52 bits per heavy atom. The number of fused-ring (bicyclic) bond motifs is 1. The maximum Gasteiger partial charge on any atom is 0.123 e. The third-order valence-electron chi connectivity index (χ3n) is 4.64. The third-order valence-corrected chi connectivity index (χ3v) is 4.64. The second-order valence-corrected chi connectivity index (χ2v) is 6.43. The zero-order chi connectivity index (χ0) is 17.5. The SMILES string of the molecule is COCCN(CCCc1ccccc1)Cc1nc2ccccc2n1C. The molecule has 0 aliphatic rings. The molecule has 0 aliphatic heterocycles. The van der Waals surface area contributed by atoms with Crippen molar-refractivity contribution in [2.24, 2.45) is 7.05 Å². The number of hydrogen-bond acceptors (Lipinski definition) is 3. The van der Waals surface area contributed by atoms with Gasteiger partial charge in [-0.3, -0.25) is 4.90 Å². The molecule has 0 saturated heterocycles. The van der Waals surface area contributed by atoms with Gasteiger partial charge in [0.15, 0.2) is 0 Å². The van der Waals surface area contributed by atoms with Gasteiger partial charge in [-0.2, -0.15) is 0 Å². The molecule has 1 heterocycles. The van der Waals surface area contributed by atoms with E-state index >= 15 is 0 Å². The van der Waals surface area contributed by atoms with Crippen LogP contribution < -0.4 is 0 Å². The number of imidazole rings is 1. The van der Waals surface area contributed by atoms with E-state index in [0.717, 1.165) is 50.4 Å². The average Bonchev–Trinajstić information content (AvgIpc) is 2.96. The topological polar surface area (TPSA) is 30.3 Å². The molecule has 0 fully saturated rings. The van der Waals surface area contributed by atoms with Crippen LogP contribution in [0.4, 0.5) is 0 Å². The first-order chi connectivity index (χ1) is 12.3. The van der Waals surface area contributed by atoms with Crippen LogP contribution in [0.1, 0.15) is 17.8 Å². The van der Waals surface area contributed by atoms with Crippen molar-refractivity contribution in [1.82, 2.24) is 14.5 Å². The van der Waals surface area contributed by atoms with E-state index in [1.54, 1.807) is 7.11 Å². The maximum atomic E-state index is 5.29. The Hall–Kier alpha value is -2.17. The second-order valence-electron chi connectivity index (χ2n) is 6.43. The molecule has 0 atom stereocenters. The van der Waals surface area contributed by atoms with E-state index in [0.29, 0.717) is 0 Å². The molecule has 2 aromatic carbocycles. The van der Waals surface area contributed by atoms with E-state index in [9.17, 15) is 0 Å². The highest BCUT2D eigenvalue weighted by molar-refractivity contribution is 5.75. The number of para-hydroxylation sites is 2. The summed E-state index contributed by atoms with van der Waals surface area (Å²) in [6, 6.07) is 19.0. The number of hydrogen-bond donors (Lipinski definition) is 0. The quantitative estimate of drug-likeness (QED) is 0.597. The van der Waals surface area contributed by atoms with Crippen LogP contribution in [0.25, 0.3) is 11.0 Å². The summed E-state index contributed by atoms with van der Waals surface area (Å²) in [5, 5.41) is 0. The Balaban J connectivity index is 1.64. The van der Waals surface area contributed by atoms with Gasteiger partial charge >= 0.3 is 0 Å². The molecule has 25 heavy (non-hydrogen) atoms. The van der Waals surface area contributed by atoms with Crippen LogP contribution in [0.2, 0.25) is 0 Å². The van der Waals surface area contributed by atoms with Crippen molar-refractivity contribution in [1.29, 1.82) is 0 Å². The number of aromatic nitrogens is 2. The average molecular weight is 337 g/mol. The van der Waals surface area contributed by atoms with Crippen LogP contribution >= 0.6 is 0 Å². The van der Waals surface area contributed by atoms with Gasteiger partial charge in [0.05, 0.1) is 24.2 Å². The molecule has 0 radical (unpaired) electrons. The number of nitrogens with zero attached hydrogens (tertiary/aromatic N) is 3. The predicted molar refractivity (Wildman–Crippen MR) is 103 cm³/mol. The van der Waals surface area contributed by atoms with Crippen LogP contribution in [-0.4, -0.2) is 41.3 Å². The number of rotatable bonds is 9. The largest absolute Gasteiger partial charge is 0.383 e. The van der Waals surface area contributed by atoms with Gasteiger partial charge in [-0.05, 0) is 37.1 Å². The minimum atomic E-state index is 0.745. The van der Waals surface area contributed by atoms with Crippen molar-refractivity contribution in [3.8, 4) is 0 Å². The van der Waals surface area contributed by atoms with Gasteiger partial charge in [0.25, 0.3) is 0 Å². The van der Waals surface area contributed by atoms with E-state index in [-0.39, 0.29) is 0 Å². The Morgan fingerprint density at radius 1 is 1.00 bits per heavy atom. The highest BCUT2D eigenvalue weighted by atomic mass is 16.5. The summed E-state index contributed by atoms with van der Waals surface area (Å²) >= 11 is 0. The zero-order valence-corrected chi connectivity index (χ0v) is 15.2. The number of benzene rings is 2. The molecule has 0 N–H and O–H groups in total. The molecule has 4 nitrogen and oxygen atoms in total. The Morgan fingerprint density at radius 2 is 1.76 bits per heavy atom. The van der Waals surface area contributed by atoms with E-state index in [1.165, 1.54) is 11.1 Å². The summed E-state index contributed by atoms with van der Waals surface area (Å²) in [6.07, 6.45) is 2.24. The molecular formula is C21H27N3O. The third kappa shape index (κ3) is 4.68. The highest BCUT2D eigenvalue weighted by Crippen LogP contribution is 2.16. The normalized spacial score (nSPS) is 11.5. The Bertz CT molecular complexity index is 782. The highest BCUT2D eigenvalue weighted by Gasteiger charge is 2.12. The first kappa shape index (κ1) is 17.6. The van der Waals surface area contributed by atoms with Crippen LogP contribution in [-0.2, 0) is 24.8 Å². The standard InChI is InChI=1S/C21H27N3O/c1-23-20-13-7-6-12-19(20)22-21(23)17-24(15-16-25-2)14-8-11-18-9-4-3-5-10-18/h3-7,9-10,12-13H,8,11,14-17H2,1-2H3. The number of aryl methyl sites for hydroxylation is 2. The van der Waals surface area contributed by atoms with Crippen molar-refractivity contribution in [2.45, 2.75) is 19.4 Å². The molecule has 0 spiro atoms. The van der Waals surface area contributed by atoms with Gasteiger partial charge < -0.3 is 9.30 Å². The van der Waals surface area contributed by atoms with Crippen molar-refractivity contribution >= 4 is 11.0 Å². The van der Waals surface area contributed by atoms with Crippen molar-refractivity contribution in [3.63, 3.8) is 0 Å². The van der Waals surface area contributed by atoms with Gasteiger partial charge in [0, 0.05) is 20.7 Å². The van der Waals surface area contributed by atoms with Crippen LogP contribution in [0.5, 0.6) is 0 Å². The smallest absolute Gasteiger partial charge is 0.123 e. The van der Waals surface area contributed by atoms with Gasteiger partial charge in [-0.25, -0.2) is 4.98 Å². The molecule has 0 amide bonds. The minimum Gasteiger partial charge on any atom is -0.383 e. The number of methoxy groups -OCH3 is 1. The molecule has 3 aromatic rings. The molecule has 3 rings (SSSR count). The maximum absolute atomic E-state index is 5.29. The van der Waals surface area contributed by atoms with Crippen molar-refractivity contribution in [3.05, 3.63) is 66.0 Å². The monoisotopic (exact) mass is 337 g/mol. The summed E-state index contributed by atoms with van der Waals surface area (Å²) < 4.78 is 7.50. The Labute approximate surface area is 150 Å². The van der Waals surface area contributed by atoms with Crippen LogP contribution in [0.3, 0.4) is 0 Å². The summed E-state index contributed by atoms with van der Waals surface area (Å²) in [7, 11) is 3.86. The van der Waals surface area contributed by atoms with E-state index in [4.69, 9.17) is 9.72 Å². The van der Waals surface area contributed by atoms with Gasteiger partial charge in [0.2, 0.25) is 0 Å². The lowest BCUT2D eigenvalue weighted by Gasteiger charge is -2.21. The molecule has 132 valence electrons. The fourth-order valence-corrected chi connectivity index (χ4v) is 3.18. The van der Waals surface area contributed by atoms with Gasteiger partial charge in [-0.1, -0.05) is 42.5 Å². The van der Waals surface area contributed by atoms with Crippen LogP contribution in [0.15, 0.2) is 54.6 Å². The van der Waals surface area contributed by atoms with Gasteiger partial charge in [0.1, 0.15) is 5.82 Å². The lowest BCUT2D eigenvalue weighted by Crippen LogP contribution is -2.29. The molecular weight excluding hydrogens is 310 g/mol. The lowest BCUT2D eigenvalue weighted by molar-refractivity contribution is 0.141. The molecule has 0 unspecified atom stereocenters. The van der Waals surface area contributed by atoms with Crippen molar-refractivity contribution < 1.29 is 4.74 Å². The van der Waals surface area contributed by atoms with Crippen molar-refractivity contribution in [2.75, 3.05) is 26.8 Å². The van der Waals surface area contributed by atoms with Gasteiger partial charge in [-0.15, -0.1) is 0 Å². The molecule has 1 aromatic heterocycles. The minimum absolute atomic E-state index is 0.745. The molecule has 0 aliphatic carbocycles. The summed E-state index contributed by atoms with van der Waals surface area (Å²) in [6.45, 7) is 3.56. The van der Waals surface area contributed by atoms with E-state index in [2.05, 4.69) is 65.0 Å². The summed E-state index contributed by atoms with van der Waals surface area (Å²) in [5.41, 5.74) is 3.65. The second kappa shape index (κ2) is 8.79. The lowest BCUT2D eigenvalue weighted by atomic mass is 10.1. The molecule has 0 saturated carbocycles. The van der Waals surface area contributed by atoms with Crippen LogP contribution in [0, 0.1) is 0 Å².